The minimum absolute atomic E-state index is 0.254. The molecule has 1 N–H and O–H groups in total. The molecule has 3 fully saturated rings. The highest BCUT2D eigenvalue weighted by molar-refractivity contribution is 5.36. The number of aliphatic hydroxyl groups excluding tert-OH is 1. The number of allylic oxidation sites excluding steroid dienone is 2. The second-order valence-corrected chi connectivity index (χ2v) is 12.7. The van der Waals surface area contributed by atoms with E-state index in [9.17, 15) is 5.11 Å². The van der Waals surface area contributed by atoms with Gasteiger partial charge in [-0.25, -0.2) is 0 Å². The van der Waals surface area contributed by atoms with Crippen LogP contribution < -0.4 is 0 Å². The van der Waals surface area contributed by atoms with Crippen molar-refractivity contribution in [2.75, 3.05) is 0 Å². The number of rotatable bonds is 5. The van der Waals surface area contributed by atoms with E-state index in [0.717, 1.165) is 41.6 Å². The number of fused-ring (bicyclic) bond motifs is 4. The summed E-state index contributed by atoms with van der Waals surface area (Å²) >= 11 is 0. The summed E-state index contributed by atoms with van der Waals surface area (Å²) in [5.74, 6) is 4.67. The van der Waals surface area contributed by atoms with Crippen molar-refractivity contribution in [2.24, 2.45) is 46.3 Å². The summed E-state index contributed by atoms with van der Waals surface area (Å²) in [5, 5.41) is 10.4. The van der Waals surface area contributed by atoms with Crippen LogP contribution in [0.4, 0.5) is 0 Å². The van der Waals surface area contributed by atoms with Crippen molar-refractivity contribution < 1.29 is 5.11 Å². The molecule has 0 radical (unpaired) electrons. The average Bonchev–Trinajstić information content (AvgIpc) is 3.06. The van der Waals surface area contributed by atoms with E-state index < -0.39 is 0 Å². The average molecular weight is 413 g/mol. The third-order valence-electron chi connectivity index (χ3n) is 11.0. The highest BCUT2D eigenvalue weighted by atomic mass is 16.3. The summed E-state index contributed by atoms with van der Waals surface area (Å²) in [5.41, 5.74) is 5.72. The zero-order valence-electron chi connectivity index (χ0n) is 20.8. The van der Waals surface area contributed by atoms with Crippen molar-refractivity contribution in [1.29, 1.82) is 0 Å². The fraction of sp³-hybridized carbons (Fsp3) is 0.862. The standard InChI is InChI=1S/C29H48O/c1-18(2)19(3)8-9-20(4)23-12-13-25-22-10-11-24-21(5)27(30)15-17-29(24,7)26(22)14-16-28(23,25)6/h18-20,23-24,26-27,30H,5,8-17H2,1-4,6-7H3/t19-,20+,23+,24+,26+,27+,28-,29+/m0/s1. The molecule has 0 heterocycles. The van der Waals surface area contributed by atoms with Gasteiger partial charge in [-0.15, -0.1) is 0 Å². The molecule has 0 aromatic heterocycles. The molecule has 4 rings (SSSR count). The van der Waals surface area contributed by atoms with E-state index in [4.69, 9.17) is 0 Å². The van der Waals surface area contributed by atoms with Gasteiger partial charge in [0.05, 0.1) is 6.10 Å². The molecule has 0 aromatic rings. The highest BCUT2D eigenvalue weighted by Crippen LogP contribution is 2.66. The first-order valence-corrected chi connectivity index (χ1v) is 13.2. The highest BCUT2D eigenvalue weighted by Gasteiger charge is 2.56. The van der Waals surface area contributed by atoms with Crippen molar-refractivity contribution in [3.05, 3.63) is 23.3 Å². The Morgan fingerprint density at radius 1 is 0.933 bits per heavy atom. The van der Waals surface area contributed by atoms with Crippen molar-refractivity contribution in [3.63, 3.8) is 0 Å². The molecule has 4 aliphatic rings. The molecule has 30 heavy (non-hydrogen) atoms. The molecule has 0 amide bonds. The molecule has 0 unspecified atom stereocenters. The van der Waals surface area contributed by atoms with E-state index in [1.807, 2.05) is 11.1 Å². The molecule has 170 valence electrons. The Hall–Kier alpha value is -0.560. The minimum Gasteiger partial charge on any atom is -0.389 e. The first-order chi connectivity index (χ1) is 14.1. The SMILES string of the molecule is C=C1[C@H](O)CC[C@]2(C)[C@@H]1CCC1=C3CC[C@H]([C@H](C)CC[C@H](C)C(C)C)[C@]3(C)CC[C@H]12. The number of hydrogen-bond donors (Lipinski definition) is 1. The maximum absolute atomic E-state index is 10.4. The fourth-order valence-electron chi connectivity index (χ4n) is 8.54. The third kappa shape index (κ3) is 3.46. The molecular weight excluding hydrogens is 364 g/mol. The van der Waals surface area contributed by atoms with Crippen LogP contribution in [-0.4, -0.2) is 11.2 Å². The van der Waals surface area contributed by atoms with Gasteiger partial charge in [0, 0.05) is 0 Å². The normalized spacial score (nSPS) is 43.3. The lowest BCUT2D eigenvalue weighted by molar-refractivity contribution is 0.00282. The first-order valence-electron chi connectivity index (χ1n) is 13.2. The Balaban J connectivity index is 1.55. The summed E-state index contributed by atoms with van der Waals surface area (Å²) in [7, 11) is 0. The zero-order valence-corrected chi connectivity index (χ0v) is 20.8. The molecule has 0 bridgehead atoms. The Labute approximate surface area is 186 Å². The summed E-state index contributed by atoms with van der Waals surface area (Å²) in [4.78, 5) is 0. The van der Waals surface area contributed by atoms with Crippen LogP contribution >= 0.6 is 0 Å². The molecule has 4 aliphatic carbocycles. The van der Waals surface area contributed by atoms with Crippen LogP contribution in [0, 0.1) is 46.3 Å². The van der Waals surface area contributed by atoms with Gasteiger partial charge in [-0.1, -0.05) is 72.1 Å². The Morgan fingerprint density at radius 2 is 1.67 bits per heavy atom. The van der Waals surface area contributed by atoms with Gasteiger partial charge in [0.25, 0.3) is 0 Å². The summed E-state index contributed by atoms with van der Waals surface area (Å²) in [6, 6.07) is 0. The quantitative estimate of drug-likeness (QED) is 0.454. The van der Waals surface area contributed by atoms with E-state index >= 15 is 0 Å². The van der Waals surface area contributed by atoms with Crippen LogP contribution in [0.5, 0.6) is 0 Å². The third-order valence-corrected chi connectivity index (χ3v) is 11.0. The van der Waals surface area contributed by atoms with Crippen LogP contribution in [0.15, 0.2) is 23.3 Å². The van der Waals surface area contributed by atoms with Crippen LogP contribution in [-0.2, 0) is 0 Å². The Morgan fingerprint density at radius 3 is 2.37 bits per heavy atom. The maximum Gasteiger partial charge on any atom is 0.0750 e. The molecule has 0 aromatic carbocycles. The number of hydrogen-bond acceptors (Lipinski definition) is 1. The second-order valence-electron chi connectivity index (χ2n) is 12.7. The first kappa shape index (κ1) is 22.6. The van der Waals surface area contributed by atoms with E-state index in [-0.39, 0.29) is 6.10 Å². The van der Waals surface area contributed by atoms with Crippen LogP contribution in [0.3, 0.4) is 0 Å². The Bertz CT molecular complexity index is 701. The van der Waals surface area contributed by atoms with E-state index in [0.29, 0.717) is 16.7 Å². The van der Waals surface area contributed by atoms with Gasteiger partial charge in [-0.2, -0.15) is 0 Å². The molecule has 8 atom stereocenters. The van der Waals surface area contributed by atoms with E-state index in [1.165, 1.54) is 57.8 Å². The van der Waals surface area contributed by atoms with Crippen LogP contribution in [0.1, 0.15) is 106 Å². The smallest absolute Gasteiger partial charge is 0.0750 e. The van der Waals surface area contributed by atoms with Gasteiger partial charge >= 0.3 is 0 Å². The van der Waals surface area contributed by atoms with E-state index in [2.05, 4.69) is 48.1 Å². The predicted octanol–water partition coefficient (Wildman–Crippen LogP) is 7.94. The van der Waals surface area contributed by atoms with Gasteiger partial charge < -0.3 is 5.11 Å². The lowest BCUT2D eigenvalue weighted by Crippen LogP contribution is -2.49. The van der Waals surface area contributed by atoms with Crippen molar-refractivity contribution in [3.8, 4) is 0 Å². The topological polar surface area (TPSA) is 20.2 Å². The van der Waals surface area contributed by atoms with Crippen molar-refractivity contribution in [1.82, 2.24) is 0 Å². The van der Waals surface area contributed by atoms with Gasteiger partial charge in [-0.3, -0.25) is 0 Å². The summed E-state index contributed by atoms with van der Waals surface area (Å²) in [6.45, 7) is 19.3. The fourth-order valence-corrected chi connectivity index (χ4v) is 8.54. The molecule has 3 saturated carbocycles. The van der Waals surface area contributed by atoms with Gasteiger partial charge in [0.1, 0.15) is 0 Å². The largest absolute Gasteiger partial charge is 0.389 e. The minimum atomic E-state index is -0.254. The predicted molar refractivity (Wildman–Crippen MR) is 128 cm³/mol. The molecule has 1 heteroatoms. The summed E-state index contributed by atoms with van der Waals surface area (Å²) in [6.07, 6.45) is 12.7. The molecule has 0 aliphatic heterocycles. The monoisotopic (exact) mass is 412 g/mol. The molecule has 1 nitrogen and oxygen atoms in total. The Kier molecular flexibility index (Phi) is 6.10. The molecule has 0 spiro atoms. The second kappa shape index (κ2) is 8.09. The van der Waals surface area contributed by atoms with Crippen molar-refractivity contribution in [2.45, 2.75) is 112 Å². The van der Waals surface area contributed by atoms with E-state index in [1.54, 1.807) is 0 Å². The molecular formula is C29H48O. The zero-order chi connectivity index (χ0) is 21.8. The van der Waals surface area contributed by atoms with Crippen molar-refractivity contribution >= 4 is 0 Å². The van der Waals surface area contributed by atoms with Crippen LogP contribution in [0.25, 0.3) is 0 Å². The summed E-state index contributed by atoms with van der Waals surface area (Å²) < 4.78 is 0. The lowest BCUT2D eigenvalue weighted by atomic mass is 9.48. The maximum atomic E-state index is 10.4. The van der Waals surface area contributed by atoms with Gasteiger partial charge in [0.15, 0.2) is 0 Å². The van der Waals surface area contributed by atoms with Gasteiger partial charge in [-0.05, 0) is 103 Å². The van der Waals surface area contributed by atoms with Gasteiger partial charge in [0.2, 0.25) is 0 Å². The number of aliphatic hydroxyl groups is 1. The lowest BCUT2D eigenvalue weighted by Gasteiger charge is -2.57. The molecule has 0 saturated heterocycles. The van der Waals surface area contributed by atoms with Crippen LogP contribution in [0.2, 0.25) is 0 Å².